The molecule has 0 aliphatic carbocycles. The number of anilines is 1. The average molecular weight is 393 g/mol. The van der Waals surface area contributed by atoms with Gasteiger partial charge in [-0.2, -0.15) is 5.10 Å². The van der Waals surface area contributed by atoms with Gasteiger partial charge in [0.15, 0.2) is 5.78 Å². The van der Waals surface area contributed by atoms with Gasteiger partial charge in [0, 0.05) is 6.20 Å². The van der Waals surface area contributed by atoms with Crippen LogP contribution in [0.4, 0.5) is 5.00 Å². The number of nitrogens with zero attached hydrogens (tertiary/aromatic N) is 2. The van der Waals surface area contributed by atoms with Crippen LogP contribution in [-0.2, 0) is 9.53 Å². The molecule has 0 saturated heterocycles. The first-order valence-electron chi connectivity index (χ1n) is 8.07. The predicted octanol–water partition coefficient (Wildman–Crippen LogP) is 2.53. The summed E-state index contributed by atoms with van der Waals surface area (Å²) in [7, 11) is 0. The number of carbonyl (C=O) groups is 4. The Morgan fingerprint density at radius 2 is 2.04 bits per heavy atom. The van der Waals surface area contributed by atoms with Crippen molar-refractivity contribution in [2.75, 3.05) is 11.9 Å². The SMILES string of the molecule is CCOC(=O)c1c(NC(=O)C(C)n2cc(C(=O)O)cn2)sc(C(C)=O)c1C. The Labute approximate surface area is 158 Å². The summed E-state index contributed by atoms with van der Waals surface area (Å²) in [4.78, 5) is 47.9. The number of rotatable bonds is 7. The van der Waals surface area contributed by atoms with E-state index >= 15 is 0 Å². The summed E-state index contributed by atoms with van der Waals surface area (Å²) in [5, 5.41) is 15.7. The Hall–Kier alpha value is -3.01. The number of ketones is 1. The monoisotopic (exact) mass is 393 g/mol. The fraction of sp³-hybridized carbons (Fsp3) is 0.353. The first-order valence-corrected chi connectivity index (χ1v) is 8.88. The number of amides is 1. The van der Waals surface area contributed by atoms with Crippen molar-refractivity contribution in [2.24, 2.45) is 0 Å². The molecule has 2 rings (SSSR count). The van der Waals surface area contributed by atoms with E-state index in [9.17, 15) is 19.2 Å². The molecule has 1 unspecified atom stereocenters. The van der Waals surface area contributed by atoms with Crippen molar-refractivity contribution in [1.29, 1.82) is 0 Å². The number of carboxylic acids is 1. The number of hydrogen-bond donors (Lipinski definition) is 2. The lowest BCUT2D eigenvalue weighted by atomic mass is 10.1. The molecule has 2 N–H and O–H groups in total. The third kappa shape index (κ3) is 4.22. The number of ether oxygens (including phenoxy) is 1. The van der Waals surface area contributed by atoms with Crippen molar-refractivity contribution in [3.8, 4) is 0 Å². The number of nitrogens with one attached hydrogen (secondary N) is 1. The number of hydrogen-bond acceptors (Lipinski definition) is 7. The molecule has 0 spiro atoms. The predicted molar refractivity (Wildman–Crippen MR) is 97.5 cm³/mol. The van der Waals surface area contributed by atoms with Gasteiger partial charge in [-0.25, -0.2) is 9.59 Å². The Morgan fingerprint density at radius 1 is 1.37 bits per heavy atom. The summed E-state index contributed by atoms with van der Waals surface area (Å²) >= 11 is 0.993. The zero-order valence-corrected chi connectivity index (χ0v) is 16.0. The van der Waals surface area contributed by atoms with Crippen molar-refractivity contribution in [2.45, 2.75) is 33.7 Å². The number of aromatic carboxylic acids is 1. The van der Waals surface area contributed by atoms with E-state index in [1.807, 2.05) is 0 Å². The largest absolute Gasteiger partial charge is 0.478 e. The Balaban J connectivity index is 2.32. The minimum absolute atomic E-state index is 0.0484. The average Bonchev–Trinajstić information content (AvgIpc) is 3.19. The van der Waals surface area contributed by atoms with Gasteiger partial charge in [-0.05, 0) is 33.3 Å². The first-order chi connectivity index (χ1) is 12.7. The number of aromatic nitrogens is 2. The van der Waals surface area contributed by atoms with Crippen LogP contribution in [0.1, 0.15) is 62.8 Å². The normalized spacial score (nSPS) is 11.7. The molecule has 27 heavy (non-hydrogen) atoms. The quantitative estimate of drug-likeness (QED) is 0.546. The lowest BCUT2D eigenvalue weighted by molar-refractivity contribution is -0.119. The van der Waals surface area contributed by atoms with Crippen LogP contribution >= 0.6 is 11.3 Å². The summed E-state index contributed by atoms with van der Waals surface area (Å²) < 4.78 is 6.22. The van der Waals surface area contributed by atoms with E-state index in [1.165, 1.54) is 24.7 Å². The van der Waals surface area contributed by atoms with Gasteiger partial charge in [0.25, 0.3) is 0 Å². The Morgan fingerprint density at radius 3 is 2.56 bits per heavy atom. The van der Waals surface area contributed by atoms with Crippen molar-refractivity contribution in [3.05, 3.63) is 34.0 Å². The van der Waals surface area contributed by atoms with Gasteiger partial charge in [0.1, 0.15) is 11.0 Å². The van der Waals surface area contributed by atoms with Crippen LogP contribution in [0.5, 0.6) is 0 Å². The van der Waals surface area contributed by atoms with E-state index in [2.05, 4.69) is 10.4 Å². The molecule has 9 nitrogen and oxygen atoms in total. The molecule has 144 valence electrons. The summed E-state index contributed by atoms with van der Waals surface area (Å²) in [6.45, 7) is 6.33. The summed E-state index contributed by atoms with van der Waals surface area (Å²) in [6, 6.07) is -0.837. The molecule has 0 radical (unpaired) electrons. The van der Waals surface area contributed by atoms with Gasteiger partial charge < -0.3 is 15.2 Å². The van der Waals surface area contributed by atoms with Gasteiger partial charge in [0.05, 0.1) is 28.8 Å². The highest BCUT2D eigenvalue weighted by molar-refractivity contribution is 7.18. The minimum Gasteiger partial charge on any atom is -0.478 e. The highest BCUT2D eigenvalue weighted by Crippen LogP contribution is 2.34. The van der Waals surface area contributed by atoms with Crippen LogP contribution < -0.4 is 5.32 Å². The second kappa shape index (κ2) is 8.12. The maximum atomic E-state index is 12.6. The van der Waals surface area contributed by atoms with Crippen LogP contribution in [0.3, 0.4) is 0 Å². The molecular weight excluding hydrogens is 374 g/mol. The van der Waals surface area contributed by atoms with Crippen LogP contribution in [0.15, 0.2) is 12.4 Å². The summed E-state index contributed by atoms with van der Waals surface area (Å²) in [5.74, 6) is -2.53. The molecule has 0 aliphatic heterocycles. The maximum Gasteiger partial charge on any atom is 0.341 e. The summed E-state index contributed by atoms with van der Waals surface area (Å²) in [5.41, 5.74) is 0.535. The smallest absolute Gasteiger partial charge is 0.341 e. The molecule has 0 aliphatic rings. The topological polar surface area (TPSA) is 128 Å². The molecule has 0 aromatic carbocycles. The second-order valence-corrected chi connectivity index (χ2v) is 6.74. The van der Waals surface area contributed by atoms with Crippen LogP contribution in [0, 0.1) is 6.92 Å². The van der Waals surface area contributed by atoms with Crippen molar-refractivity contribution >= 4 is 40.0 Å². The fourth-order valence-corrected chi connectivity index (χ4v) is 3.48. The van der Waals surface area contributed by atoms with Crippen LogP contribution in [-0.4, -0.2) is 45.1 Å². The molecule has 0 bridgehead atoms. The maximum absolute atomic E-state index is 12.6. The van der Waals surface area contributed by atoms with E-state index in [1.54, 1.807) is 13.8 Å². The first kappa shape index (κ1) is 20.3. The van der Waals surface area contributed by atoms with E-state index in [-0.39, 0.29) is 28.5 Å². The number of carboxylic acid groups (broad SMARTS) is 1. The van der Waals surface area contributed by atoms with E-state index in [0.29, 0.717) is 10.4 Å². The Kier molecular flexibility index (Phi) is 6.11. The molecule has 0 saturated carbocycles. The molecule has 2 heterocycles. The standard InChI is InChI=1S/C17H19N3O6S/c1-5-26-17(25)12-8(2)13(10(4)21)27-15(12)19-14(22)9(3)20-7-11(6-18-20)16(23)24/h6-7,9H,5H2,1-4H3,(H,19,22)(H,23,24). The van der Waals surface area contributed by atoms with Crippen molar-refractivity contribution < 1.29 is 29.0 Å². The number of Topliss-reactive ketones (excluding diaryl/α,β-unsaturated/α-hetero) is 1. The molecule has 2 aromatic heterocycles. The number of thiophene rings is 1. The van der Waals surface area contributed by atoms with Crippen molar-refractivity contribution in [3.63, 3.8) is 0 Å². The fourth-order valence-electron chi connectivity index (χ4n) is 2.38. The number of carbonyl (C=O) groups excluding carboxylic acids is 3. The molecule has 1 atom stereocenters. The van der Waals surface area contributed by atoms with E-state index in [4.69, 9.17) is 9.84 Å². The minimum atomic E-state index is -1.15. The van der Waals surface area contributed by atoms with Crippen LogP contribution in [0.25, 0.3) is 0 Å². The van der Waals surface area contributed by atoms with E-state index < -0.39 is 23.9 Å². The highest BCUT2D eigenvalue weighted by atomic mass is 32.1. The zero-order valence-electron chi connectivity index (χ0n) is 15.2. The third-order valence-electron chi connectivity index (χ3n) is 3.81. The molecule has 2 aromatic rings. The van der Waals surface area contributed by atoms with E-state index in [0.717, 1.165) is 17.5 Å². The lowest BCUT2D eigenvalue weighted by Crippen LogP contribution is -2.24. The highest BCUT2D eigenvalue weighted by Gasteiger charge is 2.27. The molecule has 10 heteroatoms. The van der Waals surface area contributed by atoms with Crippen molar-refractivity contribution in [1.82, 2.24) is 9.78 Å². The van der Waals surface area contributed by atoms with Gasteiger partial charge in [-0.1, -0.05) is 0 Å². The third-order valence-corrected chi connectivity index (χ3v) is 5.12. The van der Waals surface area contributed by atoms with Gasteiger partial charge in [0.2, 0.25) is 5.91 Å². The molecule has 1 amide bonds. The molecule has 0 fully saturated rings. The van der Waals surface area contributed by atoms with Gasteiger partial charge in [-0.3, -0.25) is 14.3 Å². The lowest BCUT2D eigenvalue weighted by Gasteiger charge is -2.13. The Bertz CT molecular complexity index is 914. The van der Waals surface area contributed by atoms with Gasteiger partial charge >= 0.3 is 11.9 Å². The zero-order chi connectivity index (χ0) is 20.3. The summed E-state index contributed by atoms with van der Waals surface area (Å²) in [6.07, 6.45) is 2.37. The second-order valence-electron chi connectivity index (χ2n) is 5.72. The van der Waals surface area contributed by atoms with Crippen LogP contribution in [0.2, 0.25) is 0 Å². The van der Waals surface area contributed by atoms with Gasteiger partial charge in [-0.15, -0.1) is 11.3 Å². The molecular formula is C17H19N3O6S. The number of esters is 1.